The van der Waals surface area contributed by atoms with Gasteiger partial charge in [-0.1, -0.05) is 42.5 Å². The maximum atomic E-state index is 13.1. The van der Waals surface area contributed by atoms with Crippen molar-refractivity contribution in [1.29, 1.82) is 0 Å². The van der Waals surface area contributed by atoms with Gasteiger partial charge >= 0.3 is 0 Å². The minimum atomic E-state index is -0.306. The third kappa shape index (κ3) is 4.70. The maximum Gasteiger partial charge on any atom is 0.226 e. The summed E-state index contributed by atoms with van der Waals surface area (Å²) in [5, 5.41) is 7.67. The first-order valence-corrected chi connectivity index (χ1v) is 10.8. The average molecular weight is 419 g/mol. The Morgan fingerprint density at radius 1 is 1.13 bits per heavy atom. The van der Waals surface area contributed by atoms with E-state index in [9.17, 15) is 4.79 Å². The maximum absolute atomic E-state index is 13.1. The van der Waals surface area contributed by atoms with Gasteiger partial charge in [-0.25, -0.2) is 4.68 Å². The molecule has 1 amide bonds. The summed E-state index contributed by atoms with van der Waals surface area (Å²) in [6.45, 7) is 3.99. The van der Waals surface area contributed by atoms with Gasteiger partial charge in [-0.05, 0) is 56.3 Å². The molecule has 1 aliphatic rings. The van der Waals surface area contributed by atoms with Crippen molar-refractivity contribution in [3.63, 3.8) is 0 Å². The minimum Gasteiger partial charge on any atom is -0.371 e. The molecule has 0 aliphatic carbocycles. The van der Waals surface area contributed by atoms with Crippen LogP contribution in [0.5, 0.6) is 0 Å². The SMILES string of the molecule is Cc1ccccc1-n1nccc1[C@H]1OCC[C@@H]1C(=O)NCc1ccccc1CN(C)C. The van der Waals surface area contributed by atoms with Crippen molar-refractivity contribution in [2.24, 2.45) is 5.92 Å². The summed E-state index contributed by atoms with van der Waals surface area (Å²) in [5.74, 6) is -0.208. The summed E-state index contributed by atoms with van der Waals surface area (Å²) in [5.41, 5.74) is 5.42. The van der Waals surface area contributed by atoms with Crippen molar-refractivity contribution < 1.29 is 9.53 Å². The number of nitrogens with zero attached hydrogens (tertiary/aromatic N) is 3. The molecule has 1 saturated heterocycles. The molecule has 31 heavy (non-hydrogen) atoms. The van der Waals surface area contributed by atoms with Crippen LogP contribution < -0.4 is 5.32 Å². The first kappa shape index (κ1) is 21.3. The van der Waals surface area contributed by atoms with E-state index in [1.807, 2.05) is 55.2 Å². The number of rotatable bonds is 7. The Morgan fingerprint density at radius 2 is 1.87 bits per heavy atom. The average Bonchev–Trinajstić information content (AvgIpc) is 3.42. The summed E-state index contributed by atoms with van der Waals surface area (Å²) in [7, 11) is 4.10. The van der Waals surface area contributed by atoms with Gasteiger partial charge in [0, 0.05) is 25.9 Å². The van der Waals surface area contributed by atoms with E-state index in [1.54, 1.807) is 6.20 Å². The zero-order valence-corrected chi connectivity index (χ0v) is 18.4. The molecule has 1 aromatic heterocycles. The summed E-state index contributed by atoms with van der Waals surface area (Å²) < 4.78 is 7.93. The predicted molar refractivity (Wildman–Crippen MR) is 121 cm³/mol. The number of aryl methyl sites for hydroxylation is 1. The molecule has 162 valence electrons. The summed E-state index contributed by atoms with van der Waals surface area (Å²) >= 11 is 0. The largest absolute Gasteiger partial charge is 0.371 e. The second kappa shape index (κ2) is 9.45. The second-order valence-electron chi connectivity index (χ2n) is 8.37. The number of carbonyl (C=O) groups is 1. The molecule has 0 spiro atoms. The summed E-state index contributed by atoms with van der Waals surface area (Å²) in [6, 6.07) is 18.3. The van der Waals surface area contributed by atoms with Gasteiger partial charge in [0.25, 0.3) is 0 Å². The van der Waals surface area contributed by atoms with E-state index < -0.39 is 0 Å². The Bertz CT molecular complexity index is 1040. The summed E-state index contributed by atoms with van der Waals surface area (Å²) in [6.07, 6.45) is 2.17. The lowest BCUT2D eigenvalue weighted by Gasteiger charge is -2.21. The minimum absolute atomic E-state index is 0.0275. The Kier molecular flexibility index (Phi) is 6.49. The van der Waals surface area contributed by atoms with E-state index in [-0.39, 0.29) is 17.9 Å². The van der Waals surface area contributed by atoms with Gasteiger partial charge in [-0.15, -0.1) is 0 Å². The molecule has 6 nitrogen and oxygen atoms in total. The predicted octanol–water partition coefficient (Wildman–Crippen LogP) is 3.64. The number of carbonyl (C=O) groups excluding carboxylic acids is 1. The third-order valence-corrected chi connectivity index (χ3v) is 5.79. The highest BCUT2D eigenvalue weighted by Gasteiger charge is 2.37. The van der Waals surface area contributed by atoms with E-state index in [4.69, 9.17) is 4.74 Å². The van der Waals surface area contributed by atoms with Gasteiger partial charge in [0.1, 0.15) is 6.10 Å². The van der Waals surface area contributed by atoms with Crippen molar-refractivity contribution >= 4 is 5.91 Å². The van der Waals surface area contributed by atoms with Crippen LogP contribution in [0.2, 0.25) is 0 Å². The topological polar surface area (TPSA) is 59.4 Å². The van der Waals surface area contributed by atoms with Crippen molar-refractivity contribution in [3.8, 4) is 5.69 Å². The van der Waals surface area contributed by atoms with Gasteiger partial charge in [0.05, 0.1) is 17.3 Å². The lowest BCUT2D eigenvalue weighted by atomic mass is 9.97. The summed E-state index contributed by atoms with van der Waals surface area (Å²) in [4.78, 5) is 15.3. The van der Waals surface area contributed by atoms with Crippen LogP contribution in [0.15, 0.2) is 60.8 Å². The van der Waals surface area contributed by atoms with Gasteiger partial charge < -0.3 is 15.0 Å². The Balaban J connectivity index is 1.50. The molecule has 0 saturated carbocycles. The van der Waals surface area contributed by atoms with Gasteiger partial charge in [0.2, 0.25) is 5.91 Å². The second-order valence-corrected chi connectivity index (χ2v) is 8.37. The molecule has 2 heterocycles. The number of benzene rings is 2. The lowest BCUT2D eigenvalue weighted by Crippen LogP contribution is -2.33. The molecule has 0 bridgehead atoms. The molecule has 6 heteroatoms. The van der Waals surface area contributed by atoms with E-state index in [0.29, 0.717) is 19.6 Å². The number of nitrogens with one attached hydrogen (secondary N) is 1. The van der Waals surface area contributed by atoms with E-state index in [2.05, 4.69) is 40.4 Å². The van der Waals surface area contributed by atoms with Crippen LogP contribution in [-0.4, -0.2) is 41.3 Å². The molecule has 1 N–H and O–H groups in total. The Hall–Kier alpha value is -2.96. The fourth-order valence-electron chi connectivity index (χ4n) is 4.22. The van der Waals surface area contributed by atoms with Crippen LogP contribution in [0.25, 0.3) is 5.69 Å². The molecule has 4 rings (SSSR count). The molecule has 1 aliphatic heterocycles. The zero-order valence-electron chi connectivity index (χ0n) is 18.4. The molecule has 2 atom stereocenters. The lowest BCUT2D eigenvalue weighted by molar-refractivity contribution is -0.127. The van der Waals surface area contributed by atoms with E-state index >= 15 is 0 Å². The highest BCUT2D eigenvalue weighted by molar-refractivity contribution is 5.79. The smallest absolute Gasteiger partial charge is 0.226 e. The highest BCUT2D eigenvalue weighted by Crippen LogP contribution is 2.36. The number of aromatic nitrogens is 2. The monoisotopic (exact) mass is 418 g/mol. The van der Waals surface area contributed by atoms with Crippen molar-refractivity contribution in [2.45, 2.75) is 32.5 Å². The van der Waals surface area contributed by atoms with Crippen molar-refractivity contribution in [3.05, 3.63) is 83.2 Å². The quantitative estimate of drug-likeness (QED) is 0.637. The Labute approximate surface area is 183 Å². The van der Waals surface area contributed by atoms with Crippen LogP contribution in [-0.2, 0) is 22.6 Å². The van der Waals surface area contributed by atoms with Crippen LogP contribution in [0, 0.1) is 12.8 Å². The number of hydrogen-bond acceptors (Lipinski definition) is 4. The first-order chi connectivity index (χ1) is 15.0. The molecular weight excluding hydrogens is 388 g/mol. The molecular formula is C25H30N4O2. The molecule has 2 aromatic carbocycles. The number of amides is 1. The van der Waals surface area contributed by atoms with E-state index in [1.165, 1.54) is 5.56 Å². The van der Waals surface area contributed by atoms with Crippen molar-refractivity contribution in [2.75, 3.05) is 20.7 Å². The number of hydrogen-bond donors (Lipinski definition) is 1. The van der Waals surface area contributed by atoms with Crippen molar-refractivity contribution in [1.82, 2.24) is 20.0 Å². The normalized spacial score (nSPS) is 18.5. The Morgan fingerprint density at radius 3 is 2.65 bits per heavy atom. The van der Waals surface area contributed by atoms with Gasteiger partial charge in [0.15, 0.2) is 0 Å². The molecule has 0 unspecified atom stereocenters. The van der Waals surface area contributed by atoms with Crippen LogP contribution in [0.4, 0.5) is 0 Å². The number of para-hydroxylation sites is 1. The van der Waals surface area contributed by atoms with Gasteiger partial charge in [-0.2, -0.15) is 5.10 Å². The first-order valence-electron chi connectivity index (χ1n) is 10.8. The van der Waals surface area contributed by atoms with Gasteiger partial charge in [-0.3, -0.25) is 4.79 Å². The van der Waals surface area contributed by atoms with E-state index in [0.717, 1.165) is 29.1 Å². The zero-order chi connectivity index (χ0) is 21.8. The fraction of sp³-hybridized carbons (Fsp3) is 0.360. The standard InChI is InChI=1S/C25H30N4O2/c1-18-8-4-7-11-22(18)29-23(12-14-27-29)24-21(13-15-31-24)25(30)26-16-19-9-5-6-10-20(19)17-28(2)3/h4-12,14,21,24H,13,15-17H2,1-3H3,(H,26,30)/t21-,24-/m0/s1. The number of ether oxygens (including phenoxy) is 1. The molecule has 1 fully saturated rings. The third-order valence-electron chi connectivity index (χ3n) is 5.79. The molecule has 3 aromatic rings. The van der Waals surface area contributed by atoms with Crippen LogP contribution in [0.1, 0.15) is 34.9 Å². The fourth-order valence-corrected chi connectivity index (χ4v) is 4.22. The van der Waals surface area contributed by atoms with Crippen LogP contribution in [0.3, 0.4) is 0 Å². The molecule has 0 radical (unpaired) electrons. The van der Waals surface area contributed by atoms with Crippen LogP contribution >= 0.6 is 0 Å². The highest BCUT2D eigenvalue weighted by atomic mass is 16.5.